The van der Waals surface area contributed by atoms with Gasteiger partial charge in [-0.05, 0) is 48.9 Å². The van der Waals surface area contributed by atoms with Gasteiger partial charge in [0.05, 0.1) is 15.8 Å². The molecule has 0 amide bonds. The number of hydrogen-bond acceptors (Lipinski definition) is 8. The second-order valence-corrected chi connectivity index (χ2v) is 11.5. The van der Waals surface area contributed by atoms with Crippen LogP contribution in [0.15, 0.2) is 87.2 Å². The number of nitrogens with zero attached hydrogens (tertiary/aromatic N) is 4. The number of fused-ring (bicyclic) bond motifs is 2. The van der Waals surface area contributed by atoms with E-state index in [2.05, 4.69) is 9.97 Å². The van der Waals surface area contributed by atoms with Gasteiger partial charge in [0.25, 0.3) is 0 Å². The third kappa shape index (κ3) is 4.42. The maximum atomic E-state index is 14.8. The monoisotopic (exact) mass is 573 g/mol. The molecule has 0 bridgehead atoms. The van der Waals surface area contributed by atoms with Crippen molar-refractivity contribution in [2.75, 3.05) is 12.0 Å². The Kier molecular flexibility index (Phi) is 6.14. The molecule has 0 radical (unpaired) electrons. The Morgan fingerprint density at radius 2 is 1.68 bits per heavy atom. The summed E-state index contributed by atoms with van der Waals surface area (Å²) in [5.74, 6) is -1.13. The van der Waals surface area contributed by atoms with Crippen LogP contribution in [-0.2, 0) is 9.84 Å². The quantitative estimate of drug-likeness (QED) is 0.300. The molecule has 3 aromatic carbocycles. The third-order valence-corrected chi connectivity index (χ3v) is 7.96. The van der Waals surface area contributed by atoms with E-state index in [-0.39, 0.29) is 38.6 Å². The van der Waals surface area contributed by atoms with Crippen molar-refractivity contribution >= 4 is 37.7 Å². The van der Waals surface area contributed by atoms with Gasteiger partial charge in [0.1, 0.15) is 52.2 Å². The zero-order valence-corrected chi connectivity index (χ0v) is 22.5. The molecule has 0 saturated carbocycles. The van der Waals surface area contributed by atoms with Crippen LogP contribution < -0.4 is 11.2 Å². The minimum Gasteiger partial charge on any atom is -0.458 e. The standard InChI is InChI=1S/C29H21F2N5O4S/c1-15(27-22(17-5-3-6-18(30)13-17)26(37)23-20(31)7-4-8-21(23)40-27)36-29-24(28(32)33-14-34-29)25(35-36)16-9-11-19(12-10-16)41(2,38)39/h3-15H,1-2H3,(H2,32,33,34). The summed E-state index contributed by atoms with van der Waals surface area (Å²) in [5.41, 5.74) is 6.98. The highest BCUT2D eigenvalue weighted by atomic mass is 32.2. The molecular weight excluding hydrogens is 552 g/mol. The van der Waals surface area contributed by atoms with Gasteiger partial charge in [-0.25, -0.2) is 31.8 Å². The molecule has 6 rings (SSSR count). The van der Waals surface area contributed by atoms with Crippen LogP contribution in [0, 0.1) is 11.6 Å². The van der Waals surface area contributed by atoms with Gasteiger partial charge < -0.3 is 10.2 Å². The molecule has 9 nitrogen and oxygen atoms in total. The summed E-state index contributed by atoms with van der Waals surface area (Å²) in [6, 6.07) is 14.7. The third-order valence-electron chi connectivity index (χ3n) is 6.83. The average Bonchev–Trinajstić information content (AvgIpc) is 3.33. The maximum absolute atomic E-state index is 14.8. The molecule has 0 aliphatic heterocycles. The first-order valence-corrected chi connectivity index (χ1v) is 14.2. The number of nitrogens with two attached hydrogens (primary N) is 1. The molecule has 0 aliphatic rings. The van der Waals surface area contributed by atoms with E-state index in [9.17, 15) is 22.0 Å². The Balaban J connectivity index is 1.62. The SMILES string of the molecule is CC(c1oc2cccc(F)c2c(=O)c1-c1cccc(F)c1)n1nc(-c2ccc(S(C)(=O)=O)cc2)c2c(N)ncnc21. The van der Waals surface area contributed by atoms with Gasteiger partial charge in [-0.15, -0.1) is 0 Å². The topological polar surface area (TPSA) is 134 Å². The summed E-state index contributed by atoms with van der Waals surface area (Å²) in [5, 5.41) is 4.88. The molecule has 3 aromatic heterocycles. The van der Waals surface area contributed by atoms with E-state index in [0.717, 1.165) is 12.3 Å². The summed E-state index contributed by atoms with van der Waals surface area (Å²) < 4.78 is 60.7. The van der Waals surface area contributed by atoms with Crippen LogP contribution in [0.4, 0.5) is 14.6 Å². The number of sulfone groups is 1. The zero-order chi connectivity index (χ0) is 29.1. The first-order chi connectivity index (χ1) is 19.5. The number of nitrogen functional groups attached to an aromatic ring is 1. The van der Waals surface area contributed by atoms with Crippen molar-refractivity contribution in [3.8, 4) is 22.4 Å². The van der Waals surface area contributed by atoms with Crippen LogP contribution >= 0.6 is 0 Å². The Hall–Kier alpha value is -4.97. The average molecular weight is 574 g/mol. The van der Waals surface area contributed by atoms with Gasteiger partial charge in [0, 0.05) is 11.8 Å². The molecule has 206 valence electrons. The lowest BCUT2D eigenvalue weighted by molar-refractivity contribution is 0.445. The number of aromatic nitrogens is 4. The first-order valence-electron chi connectivity index (χ1n) is 12.3. The highest BCUT2D eigenvalue weighted by Gasteiger charge is 2.28. The van der Waals surface area contributed by atoms with E-state index < -0.39 is 32.9 Å². The van der Waals surface area contributed by atoms with E-state index >= 15 is 0 Å². The molecule has 12 heteroatoms. The minimum absolute atomic E-state index is 0.0131. The first kappa shape index (κ1) is 26.3. The molecule has 6 aromatic rings. The van der Waals surface area contributed by atoms with Crippen molar-refractivity contribution < 1.29 is 21.6 Å². The van der Waals surface area contributed by atoms with Crippen LogP contribution in [0.3, 0.4) is 0 Å². The molecule has 2 N–H and O–H groups in total. The van der Waals surface area contributed by atoms with Crippen molar-refractivity contribution in [1.29, 1.82) is 0 Å². The molecule has 0 saturated heterocycles. The summed E-state index contributed by atoms with van der Waals surface area (Å²) in [4.78, 5) is 22.3. The Labute approximate surface area is 231 Å². The smallest absolute Gasteiger partial charge is 0.203 e. The number of halogens is 2. The van der Waals surface area contributed by atoms with Crippen LogP contribution in [0.5, 0.6) is 0 Å². The highest BCUT2D eigenvalue weighted by Crippen LogP contribution is 2.36. The van der Waals surface area contributed by atoms with Crippen LogP contribution in [0.25, 0.3) is 44.4 Å². The molecule has 0 aliphatic carbocycles. The van der Waals surface area contributed by atoms with Crippen LogP contribution in [-0.4, -0.2) is 34.4 Å². The van der Waals surface area contributed by atoms with Gasteiger partial charge in [-0.3, -0.25) is 4.79 Å². The van der Waals surface area contributed by atoms with Crippen molar-refractivity contribution in [3.63, 3.8) is 0 Å². The van der Waals surface area contributed by atoms with Gasteiger partial charge in [0.15, 0.2) is 15.5 Å². The Morgan fingerprint density at radius 1 is 0.951 bits per heavy atom. The summed E-state index contributed by atoms with van der Waals surface area (Å²) in [6.45, 7) is 1.70. The largest absolute Gasteiger partial charge is 0.458 e. The molecule has 41 heavy (non-hydrogen) atoms. The minimum atomic E-state index is -3.43. The number of anilines is 1. The molecule has 1 atom stereocenters. The van der Waals surface area contributed by atoms with E-state index in [0.29, 0.717) is 22.3 Å². The lowest BCUT2D eigenvalue weighted by Gasteiger charge is -2.17. The molecule has 0 spiro atoms. The van der Waals surface area contributed by atoms with Crippen molar-refractivity contribution in [2.45, 2.75) is 17.9 Å². The highest BCUT2D eigenvalue weighted by molar-refractivity contribution is 7.90. The Bertz CT molecular complexity index is 2160. The van der Waals surface area contributed by atoms with Crippen LogP contribution in [0.2, 0.25) is 0 Å². The van der Waals surface area contributed by atoms with Crippen LogP contribution in [0.1, 0.15) is 18.7 Å². The maximum Gasteiger partial charge on any atom is 0.203 e. The van der Waals surface area contributed by atoms with E-state index in [1.165, 1.54) is 59.5 Å². The Morgan fingerprint density at radius 3 is 2.39 bits per heavy atom. The predicted molar refractivity (Wildman–Crippen MR) is 150 cm³/mol. The van der Waals surface area contributed by atoms with Crippen molar-refractivity contribution in [2.24, 2.45) is 0 Å². The van der Waals surface area contributed by atoms with Gasteiger partial charge in [-0.2, -0.15) is 5.10 Å². The summed E-state index contributed by atoms with van der Waals surface area (Å²) >= 11 is 0. The van der Waals surface area contributed by atoms with Crippen molar-refractivity contribution in [1.82, 2.24) is 19.7 Å². The van der Waals surface area contributed by atoms with E-state index in [1.807, 2.05) is 0 Å². The second-order valence-electron chi connectivity index (χ2n) is 9.52. The zero-order valence-electron chi connectivity index (χ0n) is 21.7. The van der Waals surface area contributed by atoms with Crippen molar-refractivity contribution in [3.05, 3.63) is 101 Å². The van der Waals surface area contributed by atoms with Gasteiger partial charge >= 0.3 is 0 Å². The van der Waals surface area contributed by atoms with E-state index in [4.69, 9.17) is 15.2 Å². The number of hydrogen-bond donors (Lipinski definition) is 1. The molecule has 1 unspecified atom stereocenters. The fourth-order valence-electron chi connectivity index (χ4n) is 4.87. The van der Waals surface area contributed by atoms with Gasteiger partial charge in [0.2, 0.25) is 5.43 Å². The predicted octanol–water partition coefficient (Wildman–Crippen LogP) is 5.14. The molecular formula is C29H21F2N5O4S. The number of rotatable bonds is 5. The fraction of sp³-hybridized carbons (Fsp3) is 0.103. The normalized spacial score (nSPS) is 12.7. The lowest BCUT2D eigenvalue weighted by atomic mass is 9.99. The van der Waals surface area contributed by atoms with E-state index in [1.54, 1.807) is 19.1 Å². The fourth-order valence-corrected chi connectivity index (χ4v) is 5.50. The molecule has 3 heterocycles. The second kappa shape index (κ2) is 9.59. The van der Waals surface area contributed by atoms with Gasteiger partial charge in [-0.1, -0.05) is 30.3 Å². The summed E-state index contributed by atoms with van der Waals surface area (Å²) in [7, 11) is -3.43. The summed E-state index contributed by atoms with van der Waals surface area (Å²) in [6.07, 6.45) is 2.37. The number of benzene rings is 3. The lowest BCUT2D eigenvalue weighted by Crippen LogP contribution is -2.17. The molecule has 0 fully saturated rings.